The molecular weight excluding hydrogens is 274 g/mol. The first-order chi connectivity index (χ1) is 9.65. The van der Waals surface area contributed by atoms with E-state index in [0.29, 0.717) is 5.02 Å². The number of nitrogens with one attached hydrogen (secondary N) is 1. The fourth-order valence-corrected chi connectivity index (χ4v) is 2.26. The second kappa shape index (κ2) is 4.98. The molecule has 0 atom stereocenters. The van der Waals surface area contributed by atoms with Crippen LogP contribution in [-0.2, 0) is 4.79 Å². The highest BCUT2D eigenvalue weighted by molar-refractivity contribution is 6.30. The number of carbonyl (C=O) groups excluding carboxylic acids is 1. The van der Waals surface area contributed by atoms with Gasteiger partial charge in [-0.05, 0) is 36.4 Å². The molecule has 0 bridgehead atoms. The van der Waals surface area contributed by atoms with Crippen LogP contribution in [0.1, 0.15) is 6.92 Å². The smallest absolute Gasteiger partial charge is 0.221 e. The maximum absolute atomic E-state index is 11.2. The van der Waals surface area contributed by atoms with Crippen LogP contribution < -0.4 is 5.32 Å². The van der Waals surface area contributed by atoms with Crippen LogP contribution in [0.5, 0.6) is 0 Å². The molecule has 0 saturated carbocycles. The Bertz CT molecular complexity index is 777. The number of nitrogens with zero attached hydrogens (tertiary/aromatic N) is 2. The van der Waals surface area contributed by atoms with Crippen LogP contribution in [-0.4, -0.2) is 15.7 Å². The van der Waals surface area contributed by atoms with Crippen molar-refractivity contribution < 1.29 is 4.79 Å². The highest BCUT2D eigenvalue weighted by Gasteiger charge is 2.09. The molecule has 20 heavy (non-hydrogen) atoms. The van der Waals surface area contributed by atoms with E-state index >= 15 is 0 Å². The van der Waals surface area contributed by atoms with Gasteiger partial charge in [0.15, 0.2) is 0 Å². The van der Waals surface area contributed by atoms with Crippen molar-refractivity contribution in [2.24, 2.45) is 0 Å². The largest absolute Gasteiger partial charge is 0.326 e. The van der Waals surface area contributed by atoms with Crippen molar-refractivity contribution in [3.8, 4) is 5.69 Å². The van der Waals surface area contributed by atoms with Gasteiger partial charge >= 0.3 is 0 Å². The highest BCUT2D eigenvalue weighted by Crippen LogP contribution is 2.25. The lowest BCUT2D eigenvalue weighted by Crippen LogP contribution is -2.05. The molecule has 5 heteroatoms. The average molecular weight is 286 g/mol. The van der Waals surface area contributed by atoms with Crippen molar-refractivity contribution >= 4 is 34.1 Å². The van der Waals surface area contributed by atoms with Gasteiger partial charge in [-0.3, -0.25) is 4.79 Å². The van der Waals surface area contributed by atoms with Crippen molar-refractivity contribution in [3.05, 3.63) is 53.7 Å². The Morgan fingerprint density at radius 1 is 1.20 bits per heavy atom. The Kier molecular flexibility index (Phi) is 3.16. The van der Waals surface area contributed by atoms with E-state index in [-0.39, 0.29) is 5.91 Å². The molecule has 0 aliphatic rings. The van der Waals surface area contributed by atoms with Crippen LogP contribution in [0.3, 0.4) is 0 Å². The van der Waals surface area contributed by atoms with Gasteiger partial charge in [-0.25, -0.2) is 4.68 Å². The summed E-state index contributed by atoms with van der Waals surface area (Å²) in [5.41, 5.74) is 2.61. The van der Waals surface area contributed by atoms with Gasteiger partial charge in [0.2, 0.25) is 5.91 Å². The molecule has 1 amide bonds. The van der Waals surface area contributed by atoms with Crippen molar-refractivity contribution in [3.63, 3.8) is 0 Å². The third-order valence-electron chi connectivity index (χ3n) is 3.00. The summed E-state index contributed by atoms with van der Waals surface area (Å²) in [5.74, 6) is -0.100. The van der Waals surface area contributed by atoms with Crippen LogP contribution in [0.25, 0.3) is 16.6 Å². The topological polar surface area (TPSA) is 46.9 Å². The minimum absolute atomic E-state index is 0.100. The van der Waals surface area contributed by atoms with Crippen LogP contribution in [0.4, 0.5) is 5.69 Å². The lowest BCUT2D eigenvalue weighted by Gasteiger charge is -2.06. The molecule has 3 aromatic rings. The number of aromatic nitrogens is 2. The second-order valence-corrected chi connectivity index (χ2v) is 4.89. The molecule has 0 unspecified atom stereocenters. The monoisotopic (exact) mass is 285 g/mol. The van der Waals surface area contributed by atoms with Gasteiger partial charge in [-0.15, -0.1) is 0 Å². The molecule has 0 spiro atoms. The molecule has 2 aromatic carbocycles. The zero-order valence-corrected chi connectivity index (χ0v) is 11.6. The lowest BCUT2D eigenvalue weighted by atomic mass is 10.2. The molecule has 1 heterocycles. The highest BCUT2D eigenvalue weighted by atomic mass is 35.5. The van der Waals surface area contributed by atoms with E-state index in [1.807, 2.05) is 47.1 Å². The SMILES string of the molecule is CC(=O)Nc1cccc2c1cnn2-c1ccc(Cl)cc1. The normalized spacial score (nSPS) is 10.7. The molecule has 1 N–H and O–H groups in total. The Balaban J connectivity index is 2.14. The molecule has 100 valence electrons. The maximum Gasteiger partial charge on any atom is 0.221 e. The van der Waals surface area contributed by atoms with Crippen molar-refractivity contribution in [2.75, 3.05) is 5.32 Å². The quantitative estimate of drug-likeness (QED) is 0.781. The van der Waals surface area contributed by atoms with Crippen LogP contribution in [0, 0.1) is 0 Å². The predicted molar refractivity (Wildman–Crippen MR) is 80.4 cm³/mol. The Morgan fingerprint density at radius 2 is 1.95 bits per heavy atom. The van der Waals surface area contributed by atoms with E-state index < -0.39 is 0 Å². The summed E-state index contributed by atoms with van der Waals surface area (Å²) in [7, 11) is 0. The predicted octanol–water partition coefficient (Wildman–Crippen LogP) is 3.64. The molecular formula is C15H12ClN3O. The number of anilines is 1. The van der Waals surface area contributed by atoms with Gasteiger partial charge in [0, 0.05) is 17.3 Å². The number of hydrogen-bond acceptors (Lipinski definition) is 2. The summed E-state index contributed by atoms with van der Waals surface area (Å²) >= 11 is 5.90. The second-order valence-electron chi connectivity index (χ2n) is 4.45. The molecule has 0 aliphatic heterocycles. The summed E-state index contributed by atoms with van der Waals surface area (Å²) in [6.07, 6.45) is 1.75. The summed E-state index contributed by atoms with van der Waals surface area (Å²) < 4.78 is 1.82. The van der Waals surface area contributed by atoms with Crippen molar-refractivity contribution in [1.82, 2.24) is 9.78 Å². The Hall–Kier alpha value is -2.33. The average Bonchev–Trinajstić information content (AvgIpc) is 2.84. The molecule has 0 fully saturated rings. The third kappa shape index (κ3) is 2.26. The fourth-order valence-electron chi connectivity index (χ4n) is 2.14. The number of carbonyl (C=O) groups is 1. The van der Waals surface area contributed by atoms with Crippen LogP contribution in [0.15, 0.2) is 48.7 Å². The maximum atomic E-state index is 11.2. The molecule has 1 aromatic heterocycles. The summed E-state index contributed by atoms with van der Waals surface area (Å²) in [6, 6.07) is 13.2. The number of hydrogen-bond donors (Lipinski definition) is 1. The van der Waals surface area contributed by atoms with Crippen LogP contribution >= 0.6 is 11.6 Å². The van der Waals surface area contributed by atoms with E-state index in [4.69, 9.17) is 11.6 Å². The number of benzene rings is 2. The van der Waals surface area contributed by atoms with Crippen molar-refractivity contribution in [2.45, 2.75) is 6.92 Å². The van der Waals surface area contributed by atoms with Gasteiger partial charge in [-0.1, -0.05) is 17.7 Å². The minimum atomic E-state index is -0.100. The number of rotatable bonds is 2. The number of fused-ring (bicyclic) bond motifs is 1. The fraction of sp³-hybridized carbons (Fsp3) is 0.0667. The first kappa shape index (κ1) is 12.7. The standard InChI is InChI=1S/C15H12ClN3O/c1-10(20)18-14-3-2-4-15-13(14)9-17-19(15)12-7-5-11(16)6-8-12/h2-9H,1H3,(H,18,20). The minimum Gasteiger partial charge on any atom is -0.326 e. The van der Waals surface area contributed by atoms with Gasteiger partial charge in [0.1, 0.15) is 0 Å². The van der Waals surface area contributed by atoms with E-state index in [2.05, 4.69) is 10.4 Å². The van der Waals surface area contributed by atoms with Crippen molar-refractivity contribution in [1.29, 1.82) is 0 Å². The van der Waals surface area contributed by atoms with Gasteiger partial charge in [0.25, 0.3) is 0 Å². The molecule has 0 radical (unpaired) electrons. The first-order valence-electron chi connectivity index (χ1n) is 6.15. The Labute approximate surface area is 121 Å². The van der Waals surface area contributed by atoms with E-state index in [9.17, 15) is 4.79 Å². The molecule has 0 aliphatic carbocycles. The first-order valence-corrected chi connectivity index (χ1v) is 6.53. The summed E-state index contributed by atoms with van der Waals surface area (Å²) in [4.78, 5) is 11.2. The van der Waals surface area contributed by atoms with Gasteiger partial charge in [-0.2, -0.15) is 5.10 Å². The Morgan fingerprint density at radius 3 is 2.65 bits per heavy atom. The van der Waals surface area contributed by atoms with E-state index in [1.54, 1.807) is 6.20 Å². The lowest BCUT2D eigenvalue weighted by molar-refractivity contribution is -0.114. The van der Waals surface area contributed by atoms with E-state index in [0.717, 1.165) is 22.3 Å². The van der Waals surface area contributed by atoms with Crippen LogP contribution in [0.2, 0.25) is 5.02 Å². The number of halogens is 1. The zero-order chi connectivity index (χ0) is 14.1. The zero-order valence-electron chi connectivity index (χ0n) is 10.8. The van der Waals surface area contributed by atoms with Gasteiger partial charge in [0.05, 0.1) is 23.1 Å². The molecule has 0 saturated heterocycles. The molecule has 4 nitrogen and oxygen atoms in total. The summed E-state index contributed by atoms with van der Waals surface area (Å²) in [6.45, 7) is 1.49. The van der Waals surface area contributed by atoms with E-state index in [1.165, 1.54) is 6.92 Å². The van der Waals surface area contributed by atoms with Gasteiger partial charge < -0.3 is 5.32 Å². The molecule has 3 rings (SSSR count). The third-order valence-corrected chi connectivity index (χ3v) is 3.25. The number of amides is 1. The summed E-state index contributed by atoms with van der Waals surface area (Å²) in [5, 5.41) is 8.78.